The normalized spacial score (nSPS) is 11.3. The minimum atomic E-state index is -0.469. The van der Waals surface area contributed by atoms with Crippen LogP contribution in [0.4, 0.5) is 10.6 Å². The van der Waals surface area contributed by atoms with Crippen molar-refractivity contribution in [2.75, 3.05) is 19.1 Å². The molecule has 1 rings (SSSR count). The van der Waals surface area contributed by atoms with Crippen molar-refractivity contribution in [2.24, 2.45) is 0 Å². The molecular formula is C10H16N2O3. The van der Waals surface area contributed by atoms with Crippen LogP contribution in [0.2, 0.25) is 0 Å². The summed E-state index contributed by atoms with van der Waals surface area (Å²) in [5.74, 6) is 1.18. The van der Waals surface area contributed by atoms with Crippen molar-refractivity contribution in [1.29, 1.82) is 0 Å². The minimum absolute atomic E-state index is 0.123. The molecule has 1 heterocycles. The highest BCUT2D eigenvalue weighted by atomic mass is 16.5. The van der Waals surface area contributed by atoms with Crippen molar-refractivity contribution in [3.05, 3.63) is 11.8 Å². The molecule has 1 amide bonds. The number of hydrogen-bond acceptors (Lipinski definition) is 4. The van der Waals surface area contributed by atoms with Crippen LogP contribution < -0.4 is 4.90 Å². The van der Waals surface area contributed by atoms with Crippen LogP contribution in [0, 0.1) is 0 Å². The van der Waals surface area contributed by atoms with Crippen LogP contribution in [0.15, 0.2) is 10.6 Å². The molecule has 0 spiro atoms. The fraction of sp³-hybridized carbons (Fsp3) is 0.600. The maximum atomic E-state index is 11.2. The third kappa shape index (κ3) is 2.49. The number of anilines is 1. The van der Waals surface area contributed by atoms with Crippen LogP contribution in [-0.4, -0.2) is 25.4 Å². The molecule has 84 valence electrons. The van der Waals surface area contributed by atoms with E-state index in [-0.39, 0.29) is 5.41 Å². The second-order valence-corrected chi connectivity index (χ2v) is 4.33. The number of methoxy groups -OCH3 is 1. The molecule has 0 unspecified atom stereocenters. The largest absolute Gasteiger partial charge is 0.452 e. The third-order valence-corrected chi connectivity index (χ3v) is 2.03. The van der Waals surface area contributed by atoms with Gasteiger partial charge in [0.05, 0.1) is 7.11 Å². The van der Waals surface area contributed by atoms with Crippen LogP contribution in [0.3, 0.4) is 0 Å². The smallest absolute Gasteiger partial charge is 0.415 e. The number of carbonyl (C=O) groups is 1. The Balaban J connectivity index is 2.89. The predicted octanol–water partition coefficient (Wildman–Crippen LogP) is 2.17. The number of rotatable bonds is 1. The van der Waals surface area contributed by atoms with Crippen molar-refractivity contribution in [2.45, 2.75) is 26.2 Å². The van der Waals surface area contributed by atoms with E-state index in [2.05, 4.69) is 9.89 Å². The molecule has 1 aromatic heterocycles. The third-order valence-electron chi connectivity index (χ3n) is 2.03. The second-order valence-electron chi connectivity index (χ2n) is 4.33. The zero-order valence-corrected chi connectivity index (χ0v) is 9.70. The first-order chi connectivity index (χ1) is 6.86. The summed E-state index contributed by atoms with van der Waals surface area (Å²) in [4.78, 5) is 12.5. The van der Waals surface area contributed by atoms with Gasteiger partial charge in [-0.15, -0.1) is 0 Å². The van der Waals surface area contributed by atoms with Gasteiger partial charge in [0.15, 0.2) is 5.82 Å². The van der Waals surface area contributed by atoms with Crippen LogP contribution in [-0.2, 0) is 10.2 Å². The first-order valence-electron chi connectivity index (χ1n) is 4.65. The van der Waals surface area contributed by atoms with E-state index < -0.39 is 6.09 Å². The highest BCUT2D eigenvalue weighted by molar-refractivity contribution is 5.85. The summed E-state index contributed by atoms with van der Waals surface area (Å²) in [6.07, 6.45) is -0.469. The topological polar surface area (TPSA) is 55.6 Å². The Labute approximate surface area is 89.0 Å². The lowest BCUT2D eigenvalue weighted by Crippen LogP contribution is -2.26. The fourth-order valence-electron chi connectivity index (χ4n) is 1.01. The average Bonchev–Trinajstić information content (AvgIpc) is 2.63. The van der Waals surface area contributed by atoms with Gasteiger partial charge in [-0.2, -0.15) is 0 Å². The molecule has 15 heavy (non-hydrogen) atoms. The quantitative estimate of drug-likeness (QED) is 0.715. The van der Waals surface area contributed by atoms with E-state index in [0.717, 1.165) is 5.76 Å². The van der Waals surface area contributed by atoms with Crippen LogP contribution >= 0.6 is 0 Å². The summed E-state index contributed by atoms with van der Waals surface area (Å²) in [6.45, 7) is 6.03. The standard InChI is InChI=1S/C10H16N2O3/c1-10(2,3)7-6-8(11-15-7)12(4)9(13)14-5/h6H,1-5H3. The first kappa shape index (κ1) is 11.6. The van der Waals surface area contributed by atoms with Gasteiger partial charge < -0.3 is 9.26 Å². The Morgan fingerprint density at radius 1 is 1.53 bits per heavy atom. The number of nitrogens with zero attached hydrogens (tertiary/aromatic N) is 2. The Morgan fingerprint density at radius 2 is 2.13 bits per heavy atom. The molecular weight excluding hydrogens is 196 g/mol. The Kier molecular flexibility index (Phi) is 3.02. The van der Waals surface area contributed by atoms with Gasteiger partial charge in [0.2, 0.25) is 0 Å². The van der Waals surface area contributed by atoms with Gasteiger partial charge in [0.25, 0.3) is 0 Å². The molecule has 5 heteroatoms. The summed E-state index contributed by atoms with van der Waals surface area (Å²) >= 11 is 0. The molecule has 0 saturated carbocycles. The monoisotopic (exact) mass is 212 g/mol. The second kappa shape index (κ2) is 3.92. The predicted molar refractivity (Wildman–Crippen MR) is 56.0 cm³/mol. The van der Waals surface area contributed by atoms with Crippen LogP contribution in [0.25, 0.3) is 0 Å². The molecule has 1 aromatic rings. The zero-order chi connectivity index (χ0) is 11.6. The van der Waals surface area contributed by atoms with E-state index in [4.69, 9.17) is 4.52 Å². The molecule has 0 aliphatic heterocycles. The summed E-state index contributed by atoms with van der Waals surface area (Å²) < 4.78 is 9.71. The van der Waals surface area contributed by atoms with E-state index in [1.807, 2.05) is 20.8 Å². The summed E-state index contributed by atoms with van der Waals surface area (Å²) in [5.41, 5.74) is -0.123. The van der Waals surface area contributed by atoms with E-state index in [1.165, 1.54) is 12.0 Å². The molecule has 0 fully saturated rings. The van der Waals surface area contributed by atoms with Crippen LogP contribution in [0.5, 0.6) is 0 Å². The lowest BCUT2D eigenvalue weighted by Gasteiger charge is -2.13. The number of hydrogen-bond donors (Lipinski definition) is 0. The van der Waals surface area contributed by atoms with Crippen molar-refractivity contribution in [1.82, 2.24) is 5.16 Å². The molecule has 0 saturated heterocycles. The van der Waals surface area contributed by atoms with Gasteiger partial charge in [-0.25, -0.2) is 4.79 Å². The Morgan fingerprint density at radius 3 is 2.53 bits per heavy atom. The molecule has 0 aliphatic rings. The highest BCUT2D eigenvalue weighted by Crippen LogP contribution is 2.25. The Bertz CT molecular complexity index is 352. The van der Waals surface area contributed by atoms with Gasteiger partial charge in [0, 0.05) is 18.5 Å². The van der Waals surface area contributed by atoms with Crippen molar-refractivity contribution < 1.29 is 14.1 Å². The Hall–Kier alpha value is -1.52. The van der Waals surface area contributed by atoms with Gasteiger partial charge >= 0.3 is 6.09 Å². The summed E-state index contributed by atoms with van der Waals surface area (Å²) in [7, 11) is 2.90. The first-order valence-corrected chi connectivity index (χ1v) is 4.65. The number of amides is 1. The van der Waals surface area contributed by atoms with Gasteiger partial charge in [-0.3, -0.25) is 4.90 Å². The van der Waals surface area contributed by atoms with E-state index in [1.54, 1.807) is 13.1 Å². The van der Waals surface area contributed by atoms with Gasteiger partial charge in [-0.05, 0) is 0 Å². The minimum Gasteiger partial charge on any atom is -0.452 e. The highest BCUT2D eigenvalue weighted by Gasteiger charge is 2.22. The summed E-state index contributed by atoms with van der Waals surface area (Å²) in [6, 6.07) is 1.73. The fourth-order valence-corrected chi connectivity index (χ4v) is 1.01. The molecule has 0 atom stereocenters. The molecule has 5 nitrogen and oxygen atoms in total. The van der Waals surface area contributed by atoms with E-state index in [0.29, 0.717) is 5.82 Å². The number of ether oxygens (including phenoxy) is 1. The maximum Gasteiger partial charge on any atom is 0.415 e. The van der Waals surface area contributed by atoms with Gasteiger partial charge in [-0.1, -0.05) is 25.9 Å². The van der Waals surface area contributed by atoms with Crippen molar-refractivity contribution in [3.63, 3.8) is 0 Å². The molecule has 0 bridgehead atoms. The molecule has 0 radical (unpaired) electrons. The maximum absolute atomic E-state index is 11.2. The van der Waals surface area contributed by atoms with Crippen molar-refractivity contribution in [3.8, 4) is 0 Å². The number of aromatic nitrogens is 1. The zero-order valence-electron chi connectivity index (χ0n) is 9.70. The lowest BCUT2D eigenvalue weighted by molar-refractivity contribution is 0.179. The lowest BCUT2D eigenvalue weighted by atomic mass is 9.93. The van der Waals surface area contributed by atoms with Crippen LogP contribution in [0.1, 0.15) is 26.5 Å². The molecule has 0 aromatic carbocycles. The molecule has 0 aliphatic carbocycles. The SMILES string of the molecule is COC(=O)N(C)c1cc(C(C)(C)C)on1. The molecule has 0 N–H and O–H groups in total. The summed E-state index contributed by atoms with van der Waals surface area (Å²) in [5, 5.41) is 3.80. The van der Waals surface area contributed by atoms with Crippen molar-refractivity contribution >= 4 is 11.9 Å². The van der Waals surface area contributed by atoms with Gasteiger partial charge in [0.1, 0.15) is 5.76 Å². The average molecular weight is 212 g/mol. The number of carbonyl (C=O) groups excluding carboxylic acids is 1. The van der Waals surface area contributed by atoms with E-state index in [9.17, 15) is 4.79 Å². The van der Waals surface area contributed by atoms with E-state index >= 15 is 0 Å².